The third-order valence-corrected chi connectivity index (χ3v) is 4.57. The van der Waals surface area contributed by atoms with E-state index >= 15 is 0 Å². The molecule has 1 heterocycles. The van der Waals surface area contributed by atoms with E-state index in [2.05, 4.69) is 10.3 Å². The number of nitrogens with zero attached hydrogens (tertiary/aromatic N) is 3. The lowest BCUT2D eigenvalue weighted by Crippen LogP contribution is -2.17. The highest BCUT2D eigenvalue weighted by atomic mass is 15.4. The van der Waals surface area contributed by atoms with Gasteiger partial charge in [0.1, 0.15) is 0 Å². The van der Waals surface area contributed by atoms with Crippen molar-refractivity contribution in [1.82, 2.24) is 15.0 Å². The van der Waals surface area contributed by atoms with Crippen LogP contribution >= 0.6 is 0 Å². The summed E-state index contributed by atoms with van der Waals surface area (Å²) in [5.74, 6) is 0.867. The van der Waals surface area contributed by atoms with Crippen LogP contribution in [0.1, 0.15) is 56.7 Å². The zero-order valence-electron chi connectivity index (χ0n) is 12.5. The first kappa shape index (κ1) is 14.3. The van der Waals surface area contributed by atoms with Gasteiger partial charge in [0, 0.05) is 6.04 Å². The molecule has 0 amide bonds. The molecule has 1 unspecified atom stereocenters. The molecule has 1 aliphatic carbocycles. The molecule has 1 atom stereocenters. The van der Waals surface area contributed by atoms with Gasteiger partial charge in [-0.2, -0.15) is 0 Å². The summed E-state index contributed by atoms with van der Waals surface area (Å²) in [6.07, 6.45) is 11.0. The van der Waals surface area contributed by atoms with Gasteiger partial charge >= 0.3 is 0 Å². The minimum atomic E-state index is 0.0159. The number of benzene rings is 1. The van der Waals surface area contributed by atoms with Crippen LogP contribution < -0.4 is 5.73 Å². The van der Waals surface area contributed by atoms with E-state index in [0.29, 0.717) is 0 Å². The Kier molecular flexibility index (Phi) is 4.65. The lowest BCUT2D eigenvalue weighted by atomic mass is 9.85. The second-order valence-corrected chi connectivity index (χ2v) is 6.09. The lowest BCUT2D eigenvalue weighted by Gasteiger charge is -2.23. The van der Waals surface area contributed by atoms with Crippen LogP contribution in [0.25, 0.3) is 5.69 Å². The summed E-state index contributed by atoms with van der Waals surface area (Å²) in [5.41, 5.74) is 8.43. The van der Waals surface area contributed by atoms with Gasteiger partial charge in [0.25, 0.3) is 0 Å². The quantitative estimate of drug-likeness (QED) is 0.912. The molecule has 2 N–H and O–H groups in total. The molecule has 1 aromatic heterocycles. The average Bonchev–Trinajstić information content (AvgIpc) is 3.04. The number of hydrogen-bond acceptors (Lipinski definition) is 3. The van der Waals surface area contributed by atoms with E-state index in [4.69, 9.17) is 5.73 Å². The van der Waals surface area contributed by atoms with Gasteiger partial charge in [0.15, 0.2) is 0 Å². The van der Waals surface area contributed by atoms with Crippen molar-refractivity contribution < 1.29 is 0 Å². The summed E-state index contributed by atoms with van der Waals surface area (Å²) in [6, 6.07) is 10.1. The van der Waals surface area contributed by atoms with Crippen molar-refractivity contribution in [3.8, 4) is 5.69 Å². The Balaban J connectivity index is 1.65. The second kappa shape index (κ2) is 6.85. The fourth-order valence-corrected chi connectivity index (χ4v) is 3.30. The molecule has 3 rings (SSSR count). The Bertz CT molecular complexity index is 543. The fourth-order valence-electron chi connectivity index (χ4n) is 3.30. The summed E-state index contributed by atoms with van der Waals surface area (Å²) in [7, 11) is 0. The van der Waals surface area contributed by atoms with Crippen molar-refractivity contribution in [2.45, 2.75) is 51.0 Å². The Hall–Kier alpha value is -1.68. The summed E-state index contributed by atoms with van der Waals surface area (Å²) < 4.78 is 1.87. The number of nitrogens with two attached hydrogens (primary N) is 1. The maximum atomic E-state index is 6.39. The van der Waals surface area contributed by atoms with Gasteiger partial charge in [0.05, 0.1) is 17.6 Å². The van der Waals surface area contributed by atoms with E-state index in [-0.39, 0.29) is 6.04 Å². The van der Waals surface area contributed by atoms with Crippen molar-refractivity contribution in [3.63, 3.8) is 0 Å². The second-order valence-electron chi connectivity index (χ2n) is 6.09. The number of rotatable bonds is 5. The number of aromatic nitrogens is 3. The van der Waals surface area contributed by atoms with Crippen LogP contribution in [0.15, 0.2) is 36.5 Å². The number of hydrogen-bond donors (Lipinski definition) is 1. The van der Waals surface area contributed by atoms with Gasteiger partial charge < -0.3 is 5.73 Å². The van der Waals surface area contributed by atoms with Crippen molar-refractivity contribution in [1.29, 1.82) is 0 Å². The van der Waals surface area contributed by atoms with Crippen LogP contribution in [-0.4, -0.2) is 15.0 Å². The van der Waals surface area contributed by atoms with E-state index in [1.807, 2.05) is 35.0 Å². The third-order valence-electron chi connectivity index (χ3n) is 4.57. The topological polar surface area (TPSA) is 56.7 Å². The Morgan fingerprint density at radius 2 is 1.90 bits per heavy atom. The maximum absolute atomic E-state index is 6.39. The number of para-hydroxylation sites is 1. The SMILES string of the molecule is NC(CCC1CCCCC1)c1cnnn1-c1ccccc1. The molecule has 1 aliphatic rings. The Morgan fingerprint density at radius 3 is 2.67 bits per heavy atom. The molecule has 1 saturated carbocycles. The first-order valence-corrected chi connectivity index (χ1v) is 8.06. The summed E-state index contributed by atoms with van der Waals surface area (Å²) >= 11 is 0. The van der Waals surface area contributed by atoms with Crippen molar-refractivity contribution in [2.24, 2.45) is 11.7 Å². The maximum Gasteiger partial charge on any atom is 0.0812 e. The molecule has 112 valence electrons. The minimum absolute atomic E-state index is 0.0159. The summed E-state index contributed by atoms with van der Waals surface area (Å²) in [6.45, 7) is 0. The molecular weight excluding hydrogens is 260 g/mol. The van der Waals surface area contributed by atoms with Crippen LogP contribution in [0.2, 0.25) is 0 Å². The van der Waals surface area contributed by atoms with Gasteiger partial charge in [-0.3, -0.25) is 0 Å². The molecule has 4 nitrogen and oxygen atoms in total. The van der Waals surface area contributed by atoms with Crippen molar-refractivity contribution >= 4 is 0 Å². The average molecular weight is 284 g/mol. The molecule has 0 radical (unpaired) electrons. The predicted octanol–water partition coefficient (Wildman–Crippen LogP) is 3.63. The van der Waals surface area contributed by atoms with Crippen LogP contribution in [0.5, 0.6) is 0 Å². The first-order valence-electron chi connectivity index (χ1n) is 8.06. The summed E-state index contributed by atoms with van der Waals surface area (Å²) in [4.78, 5) is 0. The molecule has 0 spiro atoms. The fraction of sp³-hybridized carbons (Fsp3) is 0.529. The molecular formula is C17H24N4. The van der Waals surface area contributed by atoms with E-state index in [1.54, 1.807) is 6.20 Å². The Morgan fingerprint density at radius 1 is 1.14 bits per heavy atom. The highest BCUT2D eigenvalue weighted by Gasteiger charge is 2.18. The molecule has 1 fully saturated rings. The van der Waals surface area contributed by atoms with Gasteiger partial charge in [0.2, 0.25) is 0 Å². The van der Waals surface area contributed by atoms with Gasteiger partial charge in [-0.15, -0.1) is 5.10 Å². The third kappa shape index (κ3) is 3.50. The molecule has 0 bridgehead atoms. The molecule has 21 heavy (non-hydrogen) atoms. The lowest BCUT2D eigenvalue weighted by molar-refractivity contribution is 0.322. The molecule has 1 aromatic carbocycles. The van der Waals surface area contributed by atoms with E-state index in [9.17, 15) is 0 Å². The zero-order valence-corrected chi connectivity index (χ0v) is 12.5. The Labute approximate surface area is 126 Å². The largest absolute Gasteiger partial charge is 0.323 e. The van der Waals surface area contributed by atoms with Crippen molar-refractivity contribution in [2.75, 3.05) is 0 Å². The smallest absolute Gasteiger partial charge is 0.0812 e. The predicted molar refractivity (Wildman–Crippen MR) is 84.1 cm³/mol. The van der Waals surface area contributed by atoms with E-state index in [0.717, 1.165) is 23.7 Å². The molecule has 0 saturated heterocycles. The highest BCUT2D eigenvalue weighted by molar-refractivity contribution is 5.32. The van der Waals surface area contributed by atoms with Gasteiger partial charge in [-0.05, 0) is 30.9 Å². The highest BCUT2D eigenvalue weighted by Crippen LogP contribution is 2.29. The standard InChI is InChI=1S/C17H24N4/c18-16(12-11-14-7-3-1-4-8-14)17-13-19-20-21(17)15-9-5-2-6-10-15/h2,5-6,9-10,13-14,16H,1,3-4,7-8,11-12,18H2. The molecule has 2 aromatic rings. The minimum Gasteiger partial charge on any atom is -0.323 e. The van der Waals surface area contributed by atoms with Crippen LogP contribution in [0, 0.1) is 5.92 Å². The first-order chi connectivity index (χ1) is 10.3. The summed E-state index contributed by atoms with van der Waals surface area (Å²) in [5, 5.41) is 8.24. The van der Waals surface area contributed by atoms with Crippen LogP contribution in [0.3, 0.4) is 0 Å². The van der Waals surface area contributed by atoms with Crippen LogP contribution in [-0.2, 0) is 0 Å². The normalized spacial score (nSPS) is 17.8. The van der Waals surface area contributed by atoms with Crippen LogP contribution in [0.4, 0.5) is 0 Å². The monoisotopic (exact) mass is 284 g/mol. The zero-order chi connectivity index (χ0) is 14.5. The van der Waals surface area contributed by atoms with Gasteiger partial charge in [-0.1, -0.05) is 55.5 Å². The van der Waals surface area contributed by atoms with Crippen molar-refractivity contribution in [3.05, 3.63) is 42.2 Å². The van der Waals surface area contributed by atoms with E-state index in [1.165, 1.54) is 38.5 Å². The molecule has 4 heteroatoms. The van der Waals surface area contributed by atoms with E-state index < -0.39 is 0 Å². The molecule has 0 aliphatic heterocycles. The van der Waals surface area contributed by atoms with Gasteiger partial charge in [-0.25, -0.2) is 4.68 Å².